The zero-order chi connectivity index (χ0) is 23.7. The number of rotatable bonds is 4. The molecule has 2 aliphatic heterocycles. The number of carbonyl (C=O) groups excluding carboxylic acids is 3. The number of hydrogen-bond acceptors (Lipinski definition) is 6. The van der Waals surface area contributed by atoms with Crippen LogP contribution in [0.3, 0.4) is 0 Å². The molecule has 0 N–H and O–H groups in total. The van der Waals surface area contributed by atoms with Crippen LogP contribution in [0.25, 0.3) is 0 Å². The van der Waals surface area contributed by atoms with Gasteiger partial charge in [0.2, 0.25) is 11.8 Å². The summed E-state index contributed by atoms with van der Waals surface area (Å²) in [4.78, 5) is 42.5. The van der Waals surface area contributed by atoms with Crippen molar-refractivity contribution < 1.29 is 14.4 Å². The summed E-state index contributed by atoms with van der Waals surface area (Å²) >= 11 is 19.1. The molecule has 2 aliphatic rings. The molecule has 2 aromatic carbocycles. The predicted octanol–water partition coefficient (Wildman–Crippen LogP) is 4.67. The van der Waals surface area contributed by atoms with Gasteiger partial charge in [-0.1, -0.05) is 47.2 Å². The lowest BCUT2D eigenvalue weighted by Crippen LogP contribution is -2.48. The van der Waals surface area contributed by atoms with Gasteiger partial charge in [0.25, 0.3) is 0 Å². The van der Waals surface area contributed by atoms with Crippen molar-refractivity contribution in [3.8, 4) is 0 Å². The molecule has 0 radical (unpaired) electrons. The molecule has 10 heteroatoms. The van der Waals surface area contributed by atoms with E-state index in [0.717, 1.165) is 23.7 Å². The molecule has 0 spiro atoms. The van der Waals surface area contributed by atoms with Crippen LogP contribution in [0, 0.1) is 0 Å². The molecule has 1 atom stereocenters. The molecule has 33 heavy (non-hydrogen) atoms. The van der Waals surface area contributed by atoms with Gasteiger partial charge in [0, 0.05) is 48.9 Å². The number of nitrogens with zero attached hydrogens (tertiary/aromatic N) is 3. The van der Waals surface area contributed by atoms with E-state index in [-0.39, 0.29) is 24.0 Å². The fourth-order valence-corrected chi connectivity index (χ4v) is 5.76. The van der Waals surface area contributed by atoms with Crippen LogP contribution in [0.2, 0.25) is 10.0 Å². The monoisotopic (exact) mass is 521 g/mol. The van der Waals surface area contributed by atoms with E-state index in [1.807, 2.05) is 24.3 Å². The largest absolute Gasteiger partial charge is 0.368 e. The van der Waals surface area contributed by atoms with Gasteiger partial charge in [-0.2, -0.15) is 0 Å². The van der Waals surface area contributed by atoms with Gasteiger partial charge in [0.1, 0.15) is 9.57 Å². The number of Topliss-reactive ketones (excluding diaryl/α,β-unsaturated/α-hetero) is 1. The molecule has 2 heterocycles. The lowest BCUT2D eigenvalue weighted by molar-refractivity contribution is -0.121. The van der Waals surface area contributed by atoms with Gasteiger partial charge in [0.05, 0.1) is 10.7 Å². The van der Waals surface area contributed by atoms with Crippen molar-refractivity contribution in [1.29, 1.82) is 0 Å². The standard InChI is InChI=1S/C23H21Cl2N3O3S2/c1-14(29)15-2-5-17(6-3-15)26-8-10-27(11-9-26)23(32)33-20-13-21(30)28(22(20)31)19-12-16(24)4-7-18(19)25/h2-7,12,20H,8-11,13H2,1H3. The maximum absolute atomic E-state index is 13.0. The second kappa shape index (κ2) is 10.0. The number of thioether (sulfide) groups is 1. The Bertz CT molecular complexity index is 1120. The quantitative estimate of drug-likeness (QED) is 0.329. The minimum Gasteiger partial charge on any atom is -0.368 e. The van der Waals surface area contributed by atoms with Crippen LogP contribution >= 0.6 is 47.2 Å². The minimum absolute atomic E-state index is 0.0462. The summed E-state index contributed by atoms with van der Waals surface area (Å²) in [7, 11) is 0. The fourth-order valence-electron chi connectivity index (χ4n) is 3.86. The highest BCUT2D eigenvalue weighted by Crippen LogP contribution is 2.36. The maximum atomic E-state index is 13.0. The summed E-state index contributed by atoms with van der Waals surface area (Å²) < 4.78 is 0.603. The number of anilines is 2. The van der Waals surface area contributed by atoms with Gasteiger partial charge < -0.3 is 9.80 Å². The first-order valence-electron chi connectivity index (χ1n) is 10.4. The summed E-state index contributed by atoms with van der Waals surface area (Å²) in [5.74, 6) is -0.603. The van der Waals surface area contributed by atoms with Gasteiger partial charge in [0.15, 0.2) is 5.78 Å². The number of ketones is 1. The molecule has 1 unspecified atom stereocenters. The van der Waals surface area contributed by atoms with Crippen LogP contribution < -0.4 is 9.80 Å². The van der Waals surface area contributed by atoms with Crippen LogP contribution in [-0.4, -0.2) is 58.2 Å². The number of hydrogen-bond donors (Lipinski definition) is 0. The van der Waals surface area contributed by atoms with Crippen LogP contribution in [0.5, 0.6) is 0 Å². The van der Waals surface area contributed by atoms with E-state index >= 15 is 0 Å². The van der Waals surface area contributed by atoms with E-state index < -0.39 is 5.25 Å². The lowest BCUT2D eigenvalue weighted by Gasteiger charge is -2.37. The molecule has 2 aromatic rings. The average Bonchev–Trinajstić information content (AvgIpc) is 3.08. The number of piperazine rings is 1. The van der Waals surface area contributed by atoms with E-state index in [1.165, 1.54) is 17.8 Å². The number of thiocarbonyl (C=S) groups is 1. The minimum atomic E-state index is -0.586. The van der Waals surface area contributed by atoms with Crippen molar-refractivity contribution in [2.45, 2.75) is 18.6 Å². The second-order valence-corrected chi connectivity index (χ2v) is 10.5. The first-order chi connectivity index (χ1) is 15.7. The maximum Gasteiger partial charge on any atom is 0.247 e. The molecule has 2 fully saturated rings. The third-order valence-corrected chi connectivity index (χ3v) is 7.89. The lowest BCUT2D eigenvalue weighted by atomic mass is 10.1. The Morgan fingerprint density at radius 3 is 2.33 bits per heavy atom. The van der Waals surface area contributed by atoms with Gasteiger partial charge in [-0.3, -0.25) is 14.4 Å². The molecule has 0 aromatic heterocycles. The molecule has 172 valence electrons. The summed E-state index contributed by atoms with van der Waals surface area (Å²) in [6.07, 6.45) is 0.0644. The third-order valence-electron chi connectivity index (χ3n) is 5.67. The SMILES string of the molecule is CC(=O)c1ccc(N2CCN(C(=S)SC3CC(=O)N(c4cc(Cl)ccc4Cl)C3=O)CC2)cc1. The summed E-state index contributed by atoms with van der Waals surface area (Å²) in [6.45, 7) is 4.50. The van der Waals surface area contributed by atoms with E-state index in [1.54, 1.807) is 19.1 Å². The Balaban J connectivity index is 1.35. The van der Waals surface area contributed by atoms with Crippen molar-refractivity contribution in [3.05, 3.63) is 58.1 Å². The molecular formula is C23H21Cl2N3O3S2. The Morgan fingerprint density at radius 1 is 1.03 bits per heavy atom. The summed E-state index contributed by atoms with van der Waals surface area (Å²) in [5.41, 5.74) is 2.06. The average molecular weight is 522 g/mol. The number of halogens is 2. The summed E-state index contributed by atoms with van der Waals surface area (Å²) in [5, 5.41) is 0.106. The molecule has 2 amide bonds. The first kappa shape index (κ1) is 24.0. The van der Waals surface area contributed by atoms with Crippen molar-refractivity contribution in [2.24, 2.45) is 0 Å². The van der Waals surface area contributed by atoms with Crippen molar-refractivity contribution in [1.82, 2.24) is 4.90 Å². The molecule has 6 nitrogen and oxygen atoms in total. The molecule has 0 aliphatic carbocycles. The number of imide groups is 1. The number of benzene rings is 2. The van der Waals surface area contributed by atoms with Gasteiger partial charge >= 0.3 is 0 Å². The normalized spacial score (nSPS) is 18.8. The molecule has 4 rings (SSSR count). The van der Waals surface area contributed by atoms with Crippen LogP contribution in [0.1, 0.15) is 23.7 Å². The van der Waals surface area contributed by atoms with E-state index in [4.69, 9.17) is 35.4 Å². The molecule has 2 saturated heterocycles. The highest BCUT2D eigenvalue weighted by Gasteiger charge is 2.42. The highest BCUT2D eigenvalue weighted by atomic mass is 35.5. The fraction of sp³-hybridized carbons (Fsp3) is 0.304. The summed E-state index contributed by atoms with van der Waals surface area (Å²) in [6, 6.07) is 12.3. The predicted molar refractivity (Wildman–Crippen MR) is 138 cm³/mol. The van der Waals surface area contributed by atoms with Crippen molar-refractivity contribution in [2.75, 3.05) is 36.0 Å². The second-order valence-electron chi connectivity index (χ2n) is 7.82. The zero-order valence-corrected chi connectivity index (χ0v) is 20.9. The van der Waals surface area contributed by atoms with Crippen LogP contribution in [0.4, 0.5) is 11.4 Å². The topological polar surface area (TPSA) is 60.9 Å². The highest BCUT2D eigenvalue weighted by molar-refractivity contribution is 8.23. The van der Waals surface area contributed by atoms with Gasteiger partial charge in [-0.05, 0) is 49.4 Å². The van der Waals surface area contributed by atoms with Gasteiger partial charge in [-0.15, -0.1) is 0 Å². The van der Waals surface area contributed by atoms with Crippen molar-refractivity contribution in [3.63, 3.8) is 0 Å². The van der Waals surface area contributed by atoms with E-state index in [2.05, 4.69) is 9.80 Å². The Labute approximate surface area is 211 Å². The van der Waals surface area contributed by atoms with Gasteiger partial charge in [-0.25, -0.2) is 4.90 Å². The first-order valence-corrected chi connectivity index (χ1v) is 12.4. The van der Waals surface area contributed by atoms with Crippen molar-refractivity contribution >= 4 is 80.5 Å². The van der Waals surface area contributed by atoms with E-state index in [0.29, 0.717) is 38.7 Å². The Kier molecular flexibility index (Phi) is 7.28. The van der Waals surface area contributed by atoms with Crippen LogP contribution in [0.15, 0.2) is 42.5 Å². The number of carbonyl (C=O) groups is 3. The smallest absolute Gasteiger partial charge is 0.247 e. The van der Waals surface area contributed by atoms with E-state index in [9.17, 15) is 14.4 Å². The molecule has 0 bridgehead atoms. The zero-order valence-electron chi connectivity index (χ0n) is 17.8. The third kappa shape index (κ3) is 5.19. The molecule has 0 saturated carbocycles. The molecular weight excluding hydrogens is 501 g/mol. The van der Waals surface area contributed by atoms with Crippen LogP contribution in [-0.2, 0) is 9.59 Å². The Hall–Kier alpha value is -2.13. The Morgan fingerprint density at radius 2 is 1.70 bits per heavy atom. The number of amides is 2.